The van der Waals surface area contributed by atoms with Crippen molar-refractivity contribution >= 4 is 33.0 Å². The Hall–Kier alpha value is -1.27. The molecule has 94 valence electrons. The summed E-state index contributed by atoms with van der Waals surface area (Å²) in [5.74, 6) is -2.51. The van der Waals surface area contributed by atoms with Gasteiger partial charge in [0.25, 0.3) is 0 Å². The normalized spacial score (nSPS) is 10.4. The summed E-state index contributed by atoms with van der Waals surface area (Å²) in [7, 11) is 1.30. The van der Waals surface area contributed by atoms with Crippen LogP contribution in [0.3, 0.4) is 0 Å². The molecule has 18 heavy (non-hydrogen) atoms. The second-order valence-corrected chi connectivity index (χ2v) is 5.73. The number of hydrogen-bond acceptors (Lipinski definition) is 3. The minimum atomic E-state index is -0.931. The molecule has 1 aromatic carbocycles. The van der Waals surface area contributed by atoms with E-state index in [1.807, 2.05) is 0 Å². The van der Waals surface area contributed by atoms with Crippen LogP contribution < -0.4 is 4.74 Å². The van der Waals surface area contributed by atoms with Crippen molar-refractivity contribution in [2.24, 2.45) is 0 Å². The topological polar surface area (TPSA) is 26.3 Å². The van der Waals surface area contributed by atoms with E-state index in [9.17, 15) is 13.6 Å². The van der Waals surface area contributed by atoms with E-state index in [4.69, 9.17) is 4.74 Å². The van der Waals surface area contributed by atoms with Gasteiger partial charge in [0, 0.05) is 23.1 Å². The monoisotopic (exact) mass is 332 g/mol. The van der Waals surface area contributed by atoms with Crippen LogP contribution in [0.1, 0.15) is 15.9 Å². The number of methoxy groups -OCH3 is 1. The average molecular weight is 333 g/mol. The Kier molecular flexibility index (Phi) is 3.77. The molecular formula is C12H7BrF2O2S. The number of carbonyl (C=O) groups excluding carboxylic acids is 1. The van der Waals surface area contributed by atoms with Gasteiger partial charge in [-0.05, 0) is 22.0 Å². The first-order valence-electron chi connectivity index (χ1n) is 4.84. The van der Waals surface area contributed by atoms with Gasteiger partial charge in [0.1, 0.15) is 17.4 Å². The molecule has 0 aliphatic rings. The molecule has 2 nitrogen and oxygen atoms in total. The third kappa shape index (κ3) is 2.44. The van der Waals surface area contributed by atoms with Crippen molar-refractivity contribution < 1.29 is 18.3 Å². The summed E-state index contributed by atoms with van der Waals surface area (Å²) in [6.45, 7) is 0. The molecule has 0 aliphatic carbocycles. The van der Waals surface area contributed by atoms with Crippen LogP contribution in [0.4, 0.5) is 8.78 Å². The fourth-order valence-electron chi connectivity index (χ4n) is 1.46. The van der Waals surface area contributed by atoms with E-state index >= 15 is 0 Å². The van der Waals surface area contributed by atoms with Crippen LogP contribution in [-0.2, 0) is 0 Å². The zero-order valence-electron chi connectivity index (χ0n) is 9.17. The predicted octanol–water partition coefficient (Wildman–Crippen LogP) is 4.03. The number of ether oxygens (including phenoxy) is 1. The summed E-state index contributed by atoms with van der Waals surface area (Å²) in [6.07, 6.45) is 0. The summed E-state index contributed by atoms with van der Waals surface area (Å²) in [5.41, 5.74) is -0.323. The van der Waals surface area contributed by atoms with Crippen LogP contribution >= 0.6 is 27.3 Å². The maximum atomic E-state index is 13.7. The zero-order valence-corrected chi connectivity index (χ0v) is 11.6. The van der Waals surface area contributed by atoms with Crippen molar-refractivity contribution in [2.75, 3.05) is 7.11 Å². The van der Waals surface area contributed by atoms with E-state index in [1.165, 1.54) is 29.9 Å². The SMILES string of the molecule is COc1cc(F)c(C(=O)c2csc(Br)c2)c(F)c1. The third-order valence-corrected chi connectivity index (χ3v) is 3.81. The van der Waals surface area contributed by atoms with Crippen LogP contribution in [0.15, 0.2) is 27.4 Å². The van der Waals surface area contributed by atoms with E-state index in [2.05, 4.69) is 15.9 Å². The number of carbonyl (C=O) groups is 1. The molecule has 0 spiro atoms. The van der Waals surface area contributed by atoms with E-state index in [1.54, 1.807) is 0 Å². The lowest BCUT2D eigenvalue weighted by Crippen LogP contribution is -2.07. The van der Waals surface area contributed by atoms with Crippen molar-refractivity contribution in [3.8, 4) is 5.75 Å². The van der Waals surface area contributed by atoms with Crippen molar-refractivity contribution in [3.63, 3.8) is 0 Å². The van der Waals surface area contributed by atoms with E-state index in [0.717, 1.165) is 15.9 Å². The summed E-state index contributed by atoms with van der Waals surface area (Å²) in [4.78, 5) is 12.0. The van der Waals surface area contributed by atoms with Gasteiger partial charge < -0.3 is 4.74 Å². The molecule has 0 fully saturated rings. The average Bonchev–Trinajstić information content (AvgIpc) is 2.74. The Morgan fingerprint density at radius 3 is 2.33 bits per heavy atom. The summed E-state index contributed by atoms with van der Waals surface area (Å²) < 4.78 is 32.8. The maximum absolute atomic E-state index is 13.7. The molecule has 0 unspecified atom stereocenters. The molecule has 2 aromatic rings. The van der Waals surface area contributed by atoms with Gasteiger partial charge in [0.2, 0.25) is 0 Å². The van der Waals surface area contributed by atoms with Crippen LogP contribution in [0.5, 0.6) is 5.75 Å². The lowest BCUT2D eigenvalue weighted by molar-refractivity contribution is 0.103. The summed E-state index contributed by atoms with van der Waals surface area (Å²) >= 11 is 4.46. The maximum Gasteiger partial charge on any atom is 0.199 e. The number of halogens is 3. The van der Waals surface area contributed by atoms with Crippen LogP contribution in [-0.4, -0.2) is 12.9 Å². The Balaban J connectivity index is 2.48. The minimum Gasteiger partial charge on any atom is -0.497 e. The Labute approximate surface area is 114 Å². The minimum absolute atomic E-state index is 0.0352. The second kappa shape index (κ2) is 5.16. The second-order valence-electron chi connectivity index (χ2n) is 3.43. The molecule has 2 rings (SSSR count). The first-order chi connectivity index (χ1) is 8.52. The van der Waals surface area contributed by atoms with E-state index < -0.39 is 23.0 Å². The highest BCUT2D eigenvalue weighted by Crippen LogP contribution is 2.26. The summed E-state index contributed by atoms with van der Waals surface area (Å²) in [6, 6.07) is 3.49. The molecule has 0 amide bonds. The van der Waals surface area contributed by atoms with Crippen LogP contribution in [0, 0.1) is 11.6 Å². The number of thiophene rings is 1. The fourth-order valence-corrected chi connectivity index (χ4v) is 2.59. The Morgan fingerprint density at radius 2 is 1.89 bits per heavy atom. The highest BCUT2D eigenvalue weighted by atomic mass is 79.9. The molecule has 0 bridgehead atoms. The van der Waals surface area contributed by atoms with Gasteiger partial charge in [-0.25, -0.2) is 8.78 Å². The molecule has 0 N–H and O–H groups in total. The van der Waals surface area contributed by atoms with Crippen LogP contribution in [0.25, 0.3) is 0 Å². The number of benzene rings is 1. The van der Waals surface area contributed by atoms with Crippen molar-refractivity contribution in [2.45, 2.75) is 0 Å². The molecular weight excluding hydrogens is 326 g/mol. The standard InChI is InChI=1S/C12H7BrF2O2S/c1-17-7-3-8(14)11(9(15)4-7)12(16)6-2-10(13)18-5-6/h2-5H,1H3. The molecule has 1 heterocycles. The smallest absolute Gasteiger partial charge is 0.199 e. The zero-order chi connectivity index (χ0) is 13.3. The molecule has 0 aliphatic heterocycles. The quantitative estimate of drug-likeness (QED) is 0.793. The van der Waals surface area contributed by atoms with Gasteiger partial charge in [-0.1, -0.05) is 0 Å². The predicted molar refractivity (Wildman–Crippen MR) is 68.4 cm³/mol. The lowest BCUT2D eigenvalue weighted by Gasteiger charge is -2.05. The molecule has 1 aromatic heterocycles. The third-order valence-electron chi connectivity index (χ3n) is 2.31. The first kappa shape index (κ1) is 13.2. The highest BCUT2D eigenvalue weighted by molar-refractivity contribution is 9.11. The van der Waals surface area contributed by atoms with Gasteiger partial charge in [-0.3, -0.25) is 4.79 Å². The molecule has 0 saturated heterocycles. The van der Waals surface area contributed by atoms with Gasteiger partial charge in [-0.2, -0.15) is 0 Å². The number of ketones is 1. The summed E-state index contributed by atoms with van der Waals surface area (Å²) in [5, 5.41) is 1.54. The van der Waals surface area contributed by atoms with Crippen molar-refractivity contribution in [1.82, 2.24) is 0 Å². The lowest BCUT2D eigenvalue weighted by atomic mass is 10.0. The molecule has 0 saturated carbocycles. The molecule has 0 radical (unpaired) electrons. The largest absolute Gasteiger partial charge is 0.497 e. The number of hydrogen-bond donors (Lipinski definition) is 0. The van der Waals surface area contributed by atoms with Gasteiger partial charge in [0.15, 0.2) is 5.78 Å². The van der Waals surface area contributed by atoms with Crippen molar-refractivity contribution in [1.29, 1.82) is 0 Å². The van der Waals surface area contributed by atoms with E-state index in [-0.39, 0.29) is 11.3 Å². The van der Waals surface area contributed by atoms with Gasteiger partial charge in [-0.15, -0.1) is 11.3 Å². The first-order valence-corrected chi connectivity index (χ1v) is 6.52. The highest BCUT2D eigenvalue weighted by Gasteiger charge is 2.21. The Morgan fingerprint density at radius 1 is 1.28 bits per heavy atom. The van der Waals surface area contributed by atoms with E-state index in [0.29, 0.717) is 0 Å². The molecule has 0 atom stereocenters. The van der Waals surface area contributed by atoms with Crippen molar-refractivity contribution in [3.05, 3.63) is 50.1 Å². The molecule has 6 heteroatoms. The van der Waals surface area contributed by atoms with Gasteiger partial charge in [0.05, 0.1) is 16.5 Å². The van der Waals surface area contributed by atoms with Gasteiger partial charge >= 0.3 is 0 Å². The van der Waals surface area contributed by atoms with Crippen LogP contribution in [0.2, 0.25) is 0 Å². The Bertz CT molecular complexity index is 587. The number of rotatable bonds is 3. The fraction of sp³-hybridized carbons (Fsp3) is 0.0833.